The van der Waals surface area contributed by atoms with Crippen LogP contribution in [0.5, 0.6) is 11.9 Å². The van der Waals surface area contributed by atoms with Gasteiger partial charge in [0.1, 0.15) is 11.2 Å². The summed E-state index contributed by atoms with van der Waals surface area (Å²) in [6.07, 6.45) is 1.58. The van der Waals surface area contributed by atoms with Crippen LogP contribution in [0.25, 0.3) is 10.2 Å². The second-order valence-corrected chi connectivity index (χ2v) is 5.50. The van der Waals surface area contributed by atoms with E-state index in [0.717, 1.165) is 21.6 Å². The van der Waals surface area contributed by atoms with E-state index in [9.17, 15) is 0 Å². The van der Waals surface area contributed by atoms with Crippen LogP contribution in [0.3, 0.4) is 0 Å². The number of anilines is 1. The van der Waals surface area contributed by atoms with Crippen molar-refractivity contribution in [2.45, 2.75) is 13.8 Å². The van der Waals surface area contributed by atoms with Crippen molar-refractivity contribution in [3.05, 3.63) is 17.3 Å². The molecule has 3 aromatic heterocycles. The molecular weight excluding hydrogens is 276 g/mol. The van der Waals surface area contributed by atoms with Crippen molar-refractivity contribution < 1.29 is 4.74 Å². The van der Waals surface area contributed by atoms with E-state index in [-0.39, 0.29) is 6.01 Å². The summed E-state index contributed by atoms with van der Waals surface area (Å²) < 4.78 is 7.27. The first-order valence-electron chi connectivity index (χ1n) is 6.21. The molecule has 0 saturated heterocycles. The Kier molecular flexibility index (Phi) is 3.23. The van der Waals surface area contributed by atoms with Crippen molar-refractivity contribution in [3.63, 3.8) is 0 Å². The van der Waals surface area contributed by atoms with Gasteiger partial charge in [-0.25, -0.2) is 4.98 Å². The minimum Gasteiger partial charge on any atom is -0.403 e. The van der Waals surface area contributed by atoms with Gasteiger partial charge in [-0.3, -0.25) is 4.68 Å². The average molecular weight is 290 g/mol. The average Bonchev–Trinajstić information content (AvgIpc) is 2.95. The van der Waals surface area contributed by atoms with Gasteiger partial charge in [0.05, 0.1) is 5.39 Å². The quantitative estimate of drug-likeness (QED) is 0.794. The third-order valence-electron chi connectivity index (χ3n) is 2.58. The maximum Gasteiger partial charge on any atom is 0.342 e. The molecule has 0 bridgehead atoms. The van der Waals surface area contributed by atoms with E-state index in [1.807, 2.05) is 19.9 Å². The Morgan fingerprint density at radius 2 is 2.25 bits per heavy atom. The van der Waals surface area contributed by atoms with Gasteiger partial charge in [-0.05, 0) is 19.9 Å². The van der Waals surface area contributed by atoms with Crippen LogP contribution >= 0.6 is 11.3 Å². The van der Waals surface area contributed by atoms with Gasteiger partial charge in [-0.15, -0.1) is 16.4 Å². The summed E-state index contributed by atoms with van der Waals surface area (Å²) in [5.41, 5.74) is 0. The number of rotatable bonds is 4. The standard InChI is InChI=1S/C12H14N6OS/c1-4-13-11-15-9(19-12-14-6-18(3)17-12)8-5-7(2)20-10(8)16-11/h5-6H,4H2,1-3H3,(H,13,15,16). The van der Waals surface area contributed by atoms with Crippen LogP contribution in [0.2, 0.25) is 0 Å². The van der Waals surface area contributed by atoms with E-state index in [1.165, 1.54) is 0 Å². The van der Waals surface area contributed by atoms with Gasteiger partial charge >= 0.3 is 6.01 Å². The van der Waals surface area contributed by atoms with Gasteiger partial charge < -0.3 is 10.1 Å². The lowest BCUT2D eigenvalue weighted by Crippen LogP contribution is -2.03. The molecule has 0 radical (unpaired) electrons. The predicted molar refractivity (Wildman–Crippen MR) is 77.4 cm³/mol. The Labute approximate surface area is 119 Å². The van der Waals surface area contributed by atoms with Gasteiger partial charge in [0.25, 0.3) is 0 Å². The molecule has 0 aliphatic heterocycles. The summed E-state index contributed by atoms with van der Waals surface area (Å²) in [4.78, 5) is 14.9. The topological polar surface area (TPSA) is 77.8 Å². The number of nitrogens with zero attached hydrogens (tertiary/aromatic N) is 5. The highest BCUT2D eigenvalue weighted by Crippen LogP contribution is 2.32. The first kappa shape index (κ1) is 12.8. The highest BCUT2D eigenvalue weighted by Gasteiger charge is 2.14. The van der Waals surface area contributed by atoms with Gasteiger partial charge in [-0.2, -0.15) is 9.97 Å². The molecule has 0 unspecified atom stereocenters. The van der Waals surface area contributed by atoms with Crippen LogP contribution in [-0.4, -0.2) is 31.3 Å². The van der Waals surface area contributed by atoms with Crippen LogP contribution in [0.1, 0.15) is 11.8 Å². The van der Waals surface area contributed by atoms with Crippen LogP contribution in [-0.2, 0) is 7.05 Å². The Hall–Kier alpha value is -2.22. The predicted octanol–water partition coefficient (Wildman–Crippen LogP) is 2.35. The third kappa shape index (κ3) is 2.42. The summed E-state index contributed by atoms with van der Waals surface area (Å²) >= 11 is 1.60. The third-order valence-corrected chi connectivity index (χ3v) is 3.53. The van der Waals surface area contributed by atoms with Crippen LogP contribution in [0, 0.1) is 6.92 Å². The second kappa shape index (κ2) is 5.04. The van der Waals surface area contributed by atoms with E-state index in [1.54, 1.807) is 29.4 Å². The molecule has 0 aliphatic rings. The van der Waals surface area contributed by atoms with E-state index in [2.05, 4.69) is 25.4 Å². The van der Waals surface area contributed by atoms with Gasteiger partial charge in [0.2, 0.25) is 11.8 Å². The number of aromatic nitrogens is 5. The molecule has 0 aliphatic carbocycles. The molecule has 8 heteroatoms. The van der Waals surface area contributed by atoms with Crippen molar-refractivity contribution in [2.24, 2.45) is 7.05 Å². The molecule has 0 atom stereocenters. The number of ether oxygens (including phenoxy) is 1. The summed E-state index contributed by atoms with van der Waals surface area (Å²) in [7, 11) is 1.79. The highest BCUT2D eigenvalue weighted by molar-refractivity contribution is 7.18. The molecule has 3 heterocycles. The van der Waals surface area contributed by atoms with Crippen molar-refractivity contribution in [1.82, 2.24) is 24.7 Å². The minimum absolute atomic E-state index is 0.277. The Morgan fingerprint density at radius 3 is 2.95 bits per heavy atom. The minimum atomic E-state index is 0.277. The number of fused-ring (bicyclic) bond motifs is 1. The lowest BCUT2D eigenvalue weighted by Gasteiger charge is -2.05. The molecule has 0 spiro atoms. The fourth-order valence-corrected chi connectivity index (χ4v) is 2.65. The molecule has 3 aromatic rings. The second-order valence-electron chi connectivity index (χ2n) is 4.26. The van der Waals surface area contributed by atoms with Crippen molar-refractivity contribution >= 4 is 27.5 Å². The first-order chi connectivity index (χ1) is 9.65. The Bertz CT molecular complexity index is 750. The Morgan fingerprint density at radius 1 is 1.40 bits per heavy atom. The number of aryl methyl sites for hydroxylation is 2. The Balaban J connectivity index is 2.06. The van der Waals surface area contributed by atoms with Crippen LogP contribution in [0.15, 0.2) is 12.4 Å². The fraction of sp³-hybridized carbons (Fsp3) is 0.333. The molecule has 3 rings (SSSR count). The first-order valence-corrected chi connectivity index (χ1v) is 7.03. The number of hydrogen-bond donors (Lipinski definition) is 1. The summed E-state index contributed by atoms with van der Waals surface area (Å²) in [5.74, 6) is 1.02. The molecule has 20 heavy (non-hydrogen) atoms. The van der Waals surface area contributed by atoms with E-state index in [4.69, 9.17) is 4.74 Å². The zero-order valence-electron chi connectivity index (χ0n) is 11.4. The number of nitrogens with one attached hydrogen (secondary N) is 1. The SMILES string of the molecule is CCNc1nc(Oc2ncn(C)n2)c2cc(C)sc2n1. The zero-order chi connectivity index (χ0) is 14.1. The van der Waals surface area contributed by atoms with E-state index >= 15 is 0 Å². The van der Waals surface area contributed by atoms with Crippen molar-refractivity contribution in [2.75, 3.05) is 11.9 Å². The number of hydrogen-bond acceptors (Lipinski definition) is 7. The molecule has 0 fully saturated rings. The van der Waals surface area contributed by atoms with Gasteiger partial charge in [-0.1, -0.05) is 0 Å². The lowest BCUT2D eigenvalue weighted by atomic mass is 10.3. The molecule has 104 valence electrons. The summed E-state index contributed by atoms with van der Waals surface area (Å²) in [6, 6.07) is 2.28. The molecular formula is C12H14N6OS. The molecule has 7 nitrogen and oxygen atoms in total. The van der Waals surface area contributed by atoms with E-state index in [0.29, 0.717) is 11.8 Å². The largest absolute Gasteiger partial charge is 0.403 e. The normalized spacial score (nSPS) is 10.9. The van der Waals surface area contributed by atoms with Crippen molar-refractivity contribution in [3.8, 4) is 11.9 Å². The number of thiophene rings is 1. The maximum absolute atomic E-state index is 5.69. The zero-order valence-corrected chi connectivity index (χ0v) is 12.2. The fourth-order valence-electron chi connectivity index (χ4n) is 1.78. The van der Waals surface area contributed by atoms with Crippen LogP contribution in [0.4, 0.5) is 5.95 Å². The molecule has 1 N–H and O–H groups in total. The monoisotopic (exact) mass is 290 g/mol. The van der Waals surface area contributed by atoms with Gasteiger partial charge in [0.15, 0.2) is 0 Å². The van der Waals surface area contributed by atoms with Crippen molar-refractivity contribution in [1.29, 1.82) is 0 Å². The summed E-state index contributed by atoms with van der Waals surface area (Å²) in [6.45, 7) is 4.77. The molecule has 0 saturated carbocycles. The lowest BCUT2D eigenvalue weighted by molar-refractivity contribution is 0.428. The highest BCUT2D eigenvalue weighted by atomic mass is 32.1. The maximum atomic E-state index is 5.69. The molecule has 0 aromatic carbocycles. The molecule has 0 amide bonds. The van der Waals surface area contributed by atoms with E-state index < -0.39 is 0 Å². The van der Waals surface area contributed by atoms with Gasteiger partial charge in [0, 0.05) is 18.5 Å². The smallest absolute Gasteiger partial charge is 0.342 e. The van der Waals surface area contributed by atoms with Crippen LogP contribution < -0.4 is 10.1 Å². The summed E-state index contributed by atoms with van der Waals surface area (Å²) in [5, 5.41) is 8.08.